The van der Waals surface area contributed by atoms with Crippen molar-refractivity contribution in [2.45, 2.75) is 63.4 Å². The topological polar surface area (TPSA) is 97.0 Å². The Morgan fingerprint density at radius 1 is 1.07 bits per heavy atom. The van der Waals surface area contributed by atoms with Crippen molar-refractivity contribution in [3.05, 3.63) is 71.3 Å². The molecule has 2 N–H and O–H groups in total. The van der Waals surface area contributed by atoms with Crippen molar-refractivity contribution in [3.8, 4) is 5.75 Å². The Morgan fingerprint density at radius 2 is 1.80 bits per heavy atom. The Hall–Kier alpha value is -3.36. The molecule has 0 aromatic heterocycles. The molecule has 0 unspecified atom stereocenters. The van der Waals surface area contributed by atoms with E-state index in [4.69, 9.17) is 21.1 Å². The van der Waals surface area contributed by atoms with Crippen LogP contribution in [0.2, 0.25) is 5.02 Å². The van der Waals surface area contributed by atoms with Gasteiger partial charge in [0.2, 0.25) is 17.7 Å². The number of methoxy groups -OCH3 is 1. The number of hydrogen-bond acceptors (Lipinski definition) is 5. The number of halogens is 1. The minimum Gasteiger partial charge on any atom is -0.497 e. The van der Waals surface area contributed by atoms with Gasteiger partial charge in [-0.25, -0.2) is 0 Å². The van der Waals surface area contributed by atoms with E-state index in [0.717, 1.165) is 24.8 Å². The maximum absolute atomic E-state index is 14.2. The van der Waals surface area contributed by atoms with E-state index in [9.17, 15) is 14.4 Å². The van der Waals surface area contributed by atoms with Crippen LogP contribution in [0.4, 0.5) is 5.69 Å². The highest BCUT2D eigenvalue weighted by Crippen LogP contribution is 2.55. The van der Waals surface area contributed by atoms with Crippen LogP contribution in [0.5, 0.6) is 5.75 Å². The van der Waals surface area contributed by atoms with E-state index in [1.54, 1.807) is 48.4 Å². The van der Waals surface area contributed by atoms with Gasteiger partial charge in [-0.05, 0) is 60.2 Å². The van der Waals surface area contributed by atoms with Gasteiger partial charge < -0.3 is 25.0 Å². The number of amides is 3. The molecule has 3 fully saturated rings. The SMILES string of the molecule is COc1ccc(NC(=O)[C@@H]2[C@@H]3C=C[C@]4(O3)[C@@H]2C(=O)N(Cc2ccc(Cl)cc2)[C@H]4C(=O)N[C@@H]2CCC[C@H](C)[C@@H]2C)cc1. The summed E-state index contributed by atoms with van der Waals surface area (Å²) < 4.78 is 11.7. The molecule has 6 rings (SSSR count). The van der Waals surface area contributed by atoms with Gasteiger partial charge in [0.05, 0.1) is 25.0 Å². The Kier molecular flexibility index (Phi) is 7.32. The number of likely N-dealkylation sites (tertiary alicyclic amines) is 1. The van der Waals surface area contributed by atoms with Gasteiger partial charge in [0.25, 0.3) is 0 Å². The van der Waals surface area contributed by atoms with Crippen LogP contribution in [0, 0.1) is 23.7 Å². The summed E-state index contributed by atoms with van der Waals surface area (Å²) in [7, 11) is 1.58. The second-order valence-electron chi connectivity index (χ2n) is 11.9. The Morgan fingerprint density at radius 3 is 2.51 bits per heavy atom. The minimum absolute atomic E-state index is 0.0194. The number of benzene rings is 2. The lowest BCUT2D eigenvalue weighted by Crippen LogP contribution is -2.57. The lowest BCUT2D eigenvalue weighted by Gasteiger charge is -2.38. The molecular formula is C32H36ClN3O5. The van der Waals surface area contributed by atoms with Crippen LogP contribution in [0.25, 0.3) is 0 Å². The molecule has 4 aliphatic rings. The van der Waals surface area contributed by atoms with Crippen molar-refractivity contribution in [1.82, 2.24) is 10.2 Å². The number of fused-ring (bicyclic) bond motifs is 1. The van der Waals surface area contributed by atoms with Crippen LogP contribution < -0.4 is 15.4 Å². The maximum atomic E-state index is 14.2. The Bertz CT molecular complexity index is 1360. The van der Waals surface area contributed by atoms with E-state index in [1.807, 2.05) is 24.3 Å². The lowest BCUT2D eigenvalue weighted by molar-refractivity contribution is -0.142. The molecule has 0 radical (unpaired) electrons. The first-order chi connectivity index (χ1) is 19.7. The second-order valence-corrected chi connectivity index (χ2v) is 12.3. The zero-order valence-electron chi connectivity index (χ0n) is 23.5. The van der Waals surface area contributed by atoms with E-state index < -0.39 is 29.6 Å². The standard InChI is InChI=1S/C32H36ClN3O5/c1-18-5-4-6-24(19(18)2)35-30(38)28-32-16-15-25(41-32)26(29(37)34-22-11-13-23(40-3)14-12-22)27(32)31(39)36(28)17-20-7-9-21(33)10-8-20/h7-16,18-19,24-28H,4-6,17H2,1-3H3,(H,34,37)(H,35,38)/t18-,19-,24+,25-,26+,27-,28-,32-/m0/s1. The summed E-state index contributed by atoms with van der Waals surface area (Å²) in [4.78, 5) is 43.7. The summed E-state index contributed by atoms with van der Waals surface area (Å²) >= 11 is 6.11. The zero-order valence-corrected chi connectivity index (χ0v) is 24.3. The fraction of sp³-hybridized carbons (Fsp3) is 0.469. The normalized spacial score (nSPS) is 33.5. The molecule has 3 amide bonds. The summed E-state index contributed by atoms with van der Waals surface area (Å²) in [6.45, 7) is 4.61. The zero-order chi connectivity index (χ0) is 28.9. The van der Waals surface area contributed by atoms with Crippen LogP contribution in [0.15, 0.2) is 60.7 Å². The number of anilines is 1. The summed E-state index contributed by atoms with van der Waals surface area (Å²) in [6, 6.07) is 13.4. The van der Waals surface area contributed by atoms with Crippen LogP contribution in [0.3, 0.4) is 0 Å². The largest absolute Gasteiger partial charge is 0.497 e. The molecule has 3 aliphatic heterocycles. The van der Waals surface area contributed by atoms with Crippen LogP contribution in [-0.4, -0.2) is 53.5 Å². The Balaban J connectivity index is 1.31. The summed E-state index contributed by atoms with van der Waals surface area (Å²) in [5, 5.41) is 6.83. The molecule has 41 heavy (non-hydrogen) atoms. The van der Waals surface area contributed by atoms with Crippen molar-refractivity contribution in [3.63, 3.8) is 0 Å². The third-order valence-corrected chi connectivity index (χ3v) is 9.84. The number of carbonyl (C=O) groups excluding carboxylic acids is 3. The molecule has 1 spiro atoms. The van der Waals surface area contributed by atoms with Gasteiger partial charge in [-0.1, -0.05) is 62.6 Å². The number of carbonyl (C=O) groups is 3. The second kappa shape index (κ2) is 10.8. The van der Waals surface area contributed by atoms with Gasteiger partial charge in [-0.15, -0.1) is 0 Å². The van der Waals surface area contributed by atoms with E-state index in [-0.39, 0.29) is 30.3 Å². The van der Waals surface area contributed by atoms with E-state index in [1.165, 1.54) is 0 Å². The molecule has 216 valence electrons. The van der Waals surface area contributed by atoms with Crippen molar-refractivity contribution < 1.29 is 23.9 Å². The molecule has 2 saturated heterocycles. The number of nitrogens with zero attached hydrogens (tertiary/aromatic N) is 1. The minimum atomic E-state index is -1.22. The number of nitrogens with one attached hydrogen (secondary N) is 2. The van der Waals surface area contributed by atoms with Gasteiger partial charge in [0.1, 0.15) is 17.4 Å². The maximum Gasteiger partial charge on any atom is 0.246 e. The van der Waals surface area contributed by atoms with E-state index in [0.29, 0.717) is 28.3 Å². The lowest BCUT2D eigenvalue weighted by atomic mass is 9.73. The molecular weight excluding hydrogens is 542 g/mol. The molecule has 3 heterocycles. The quantitative estimate of drug-likeness (QED) is 0.470. The summed E-state index contributed by atoms with van der Waals surface area (Å²) in [5.74, 6) is -0.897. The van der Waals surface area contributed by atoms with Crippen molar-refractivity contribution >= 4 is 35.0 Å². The van der Waals surface area contributed by atoms with Crippen LogP contribution in [0.1, 0.15) is 38.7 Å². The first kappa shape index (κ1) is 27.8. The van der Waals surface area contributed by atoms with E-state index >= 15 is 0 Å². The van der Waals surface area contributed by atoms with Crippen molar-refractivity contribution in [1.29, 1.82) is 0 Å². The van der Waals surface area contributed by atoms with Gasteiger partial charge in [0, 0.05) is 23.3 Å². The van der Waals surface area contributed by atoms with Gasteiger partial charge in [-0.2, -0.15) is 0 Å². The number of rotatable bonds is 7. The fourth-order valence-corrected chi connectivity index (χ4v) is 7.30. The third kappa shape index (κ3) is 4.81. The molecule has 8 atom stereocenters. The molecule has 2 bridgehead atoms. The van der Waals surface area contributed by atoms with Crippen LogP contribution >= 0.6 is 11.6 Å². The van der Waals surface area contributed by atoms with Crippen molar-refractivity contribution in [2.24, 2.45) is 23.7 Å². The van der Waals surface area contributed by atoms with Crippen molar-refractivity contribution in [2.75, 3.05) is 12.4 Å². The predicted molar refractivity (Wildman–Crippen MR) is 155 cm³/mol. The average Bonchev–Trinajstić information content (AvgIpc) is 3.60. The highest BCUT2D eigenvalue weighted by Gasteiger charge is 2.72. The average molecular weight is 578 g/mol. The highest BCUT2D eigenvalue weighted by molar-refractivity contribution is 6.30. The summed E-state index contributed by atoms with van der Waals surface area (Å²) in [6.07, 6.45) is 6.17. The molecule has 2 aromatic carbocycles. The predicted octanol–water partition coefficient (Wildman–Crippen LogP) is 4.58. The molecule has 9 heteroatoms. The third-order valence-electron chi connectivity index (χ3n) is 9.58. The van der Waals surface area contributed by atoms with Gasteiger partial charge >= 0.3 is 0 Å². The highest BCUT2D eigenvalue weighted by atomic mass is 35.5. The first-order valence-electron chi connectivity index (χ1n) is 14.4. The molecule has 8 nitrogen and oxygen atoms in total. The number of hydrogen-bond donors (Lipinski definition) is 2. The van der Waals surface area contributed by atoms with Crippen LogP contribution in [-0.2, 0) is 25.7 Å². The molecule has 1 saturated carbocycles. The smallest absolute Gasteiger partial charge is 0.246 e. The Labute approximate surface area is 245 Å². The molecule has 1 aliphatic carbocycles. The first-order valence-corrected chi connectivity index (χ1v) is 14.8. The molecule has 2 aromatic rings. The van der Waals surface area contributed by atoms with E-state index in [2.05, 4.69) is 24.5 Å². The monoisotopic (exact) mass is 577 g/mol. The number of ether oxygens (including phenoxy) is 2. The summed E-state index contributed by atoms with van der Waals surface area (Å²) in [5.41, 5.74) is 0.216. The van der Waals surface area contributed by atoms with Gasteiger partial charge in [-0.3, -0.25) is 14.4 Å². The fourth-order valence-electron chi connectivity index (χ4n) is 7.17. The van der Waals surface area contributed by atoms with Gasteiger partial charge in [0.15, 0.2) is 0 Å².